The fourth-order valence-electron chi connectivity index (χ4n) is 4.34. The highest BCUT2D eigenvalue weighted by Gasteiger charge is 2.29. The number of hydrogen-bond acceptors (Lipinski definition) is 3. The minimum absolute atomic E-state index is 0.102. The molecule has 0 bridgehead atoms. The maximum atomic E-state index is 12.6. The number of quaternary nitrogens is 1. The van der Waals surface area contributed by atoms with Crippen molar-refractivity contribution in [3.05, 3.63) is 35.4 Å². The summed E-state index contributed by atoms with van der Waals surface area (Å²) in [5, 5.41) is 3.17. The zero-order valence-electron chi connectivity index (χ0n) is 16.5. The summed E-state index contributed by atoms with van der Waals surface area (Å²) in [4.78, 5) is 27.3. The van der Waals surface area contributed by atoms with Gasteiger partial charge in [-0.3, -0.25) is 4.79 Å². The van der Waals surface area contributed by atoms with Crippen LogP contribution in [0.25, 0.3) is 0 Å². The molecule has 1 aromatic rings. The van der Waals surface area contributed by atoms with Crippen LogP contribution >= 0.6 is 0 Å². The second-order valence-corrected chi connectivity index (χ2v) is 7.69. The standard InChI is InChI=1S/C21H31N3O3/c1-3-27-21(26)24-13-11-17(12-14-24)22-20(25)15-23(2)19-10-6-8-16-7-4-5-9-18(16)19/h4-5,7,9,17,19H,3,6,8,10-15H2,1-2H3,(H,22,25)/p+1/t19-/m0/s1. The van der Waals surface area contributed by atoms with Crippen LogP contribution in [0.4, 0.5) is 4.79 Å². The molecule has 2 N–H and O–H groups in total. The minimum atomic E-state index is -0.248. The first kappa shape index (κ1) is 19.7. The van der Waals surface area contributed by atoms with Crippen LogP contribution in [-0.2, 0) is 16.0 Å². The summed E-state index contributed by atoms with van der Waals surface area (Å²) in [6, 6.07) is 9.17. The van der Waals surface area contributed by atoms with Gasteiger partial charge in [0.05, 0.1) is 13.7 Å². The number of piperidine rings is 1. The van der Waals surface area contributed by atoms with E-state index in [4.69, 9.17) is 4.74 Å². The first-order valence-corrected chi connectivity index (χ1v) is 10.2. The summed E-state index contributed by atoms with van der Waals surface area (Å²) in [5.41, 5.74) is 2.83. The molecule has 1 unspecified atom stereocenters. The maximum absolute atomic E-state index is 12.6. The Hall–Kier alpha value is -2.08. The van der Waals surface area contributed by atoms with Crippen LogP contribution in [0, 0.1) is 0 Å². The molecule has 1 saturated heterocycles. The van der Waals surface area contributed by atoms with E-state index in [1.54, 1.807) is 4.90 Å². The predicted molar refractivity (Wildman–Crippen MR) is 104 cm³/mol. The lowest BCUT2D eigenvalue weighted by Gasteiger charge is -2.33. The van der Waals surface area contributed by atoms with E-state index in [-0.39, 0.29) is 18.0 Å². The average Bonchev–Trinajstić information content (AvgIpc) is 2.68. The van der Waals surface area contributed by atoms with Crippen molar-refractivity contribution in [2.75, 3.05) is 33.3 Å². The number of carbonyl (C=O) groups excluding carboxylic acids is 2. The van der Waals surface area contributed by atoms with Crippen LogP contribution in [0.1, 0.15) is 49.8 Å². The molecule has 0 radical (unpaired) electrons. The number of carbonyl (C=O) groups is 2. The Labute approximate surface area is 161 Å². The molecular weight excluding hydrogens is 342 g/mol. The van der Waals surface area contributed by atoms with Gasteiger partial charge in [-0.05, 0) is 38.2 Å². The summed E-state index contributed by atoms with van der Waals surface area (Å²) in [7, 11) is 2.12. The van der Waals surface area contributed by atoms with Crippen molar-refractivity contribution >= 4 is 12.0 Å². The van der Waals surface area contributed by atoms with Gasteiger partial charge in [-0.25, -0.2) is 4.79 Å². The molecule has 6 heteroatoms. The molecule has 1 fully saturated rings. The summed E-state index contributed by atoms with van der Waals surface area (Å²) < 4.78 is 5.04. The fraction of sp³-hybridized carbons (Fsp3) is 0.619. The Kier molecular flexibility index (Phi) is 6.72. The average molecular weight is 375 g/mol. The highest BCUT2D eigenvalue weighted by molar-refractivity contribution is 5.77. The van der Waals surface area contributed by atoms with Crippen molar-refractivity contribution in [3.8, 4) is 0 Å². The Balaban J connectivity index is 1.47. The minimum Gasteiger partial charge on any atom is -0.450 e. The third-order valence-corrected chi connectivity index (χ3v) is 5.79. The van der Waals surface area contributed by atoms with E-state index in [0.29, 0.717) is 32.3 Å². The first-order valence-electron chi connectivity index (χ1n) is 10.2. The van der Waals surface area contributed by atoms with E-state index in [1.165, 1.54) is 22.4 Å². The Morgan fingerprint density at radius 1 is 1.22 bits per heavy atom. The molecule has 27 heavy (non-hydrogen) atoms. The van der Waals surface area contributed by atoms with Crippen LogP contribution in [0.5, 0.6) is 0 Å². The molecule has 2 aliphatic rings. The molecule has 3 rings (SSSR count). The lowest BCUT2D eigenvalue weighted by molar-refractivity contribution is -0.905. The van der Waals surface area contributed by atoms with Crippen molar-refractivity contribution in [2.45, 2.75) is 51.1 Å². The van der Waals surface area contributed by atoms with Crippen molar-refractivity contribution in [1.82, 2.24) is 10.2 Å². The molecular formula is C21H32N3O3+. The van der Waals surface area contributed by atoms with Crippen LogP contribution in [-0.4, -0.2) is 56.2 Å². The lowest BCUT2D eigenvalue weighted by atomic mass is 9.87. The molecule has 1 aliphatic carbocycles. The number of nitrogens with zero attached hydrogens (tertiary/aromatic N) is 1. The Morgan fingerprint density at radius 2 is 1.96 bits per heavy atom. The topological polar surface area (TPSA) is 63.1 Å². The number of rotatable bonds is 5. The fourth-order valence-corrected chi connectivity index (χ4v) is 4.34. The van der Waals surface area contributed by atoms with Gasteiger partial charge < -0.3 is 19.9 Å². The van der Waals surface area contributed by atoms with E-state index in [9.17, 15) is 9.59 Å². The first-order chi connectivity index (χ1) is 13.1. The molecule has 2 amide bonds. The number of aryl methyl sites for hydroxylation is 1. The monoisotopic (exact) mass is 374 g/mol. The summed E-state index contributed by atoms with van der Waals surface area (Å²) in [5.74, 6) is 0.102. The number of likely N-dealkylation sites (tertiary alicyclic amines) is 1. The zero-order valence-corrected chi connectivity index (χ0v) is 16.5. The Morgan fingerprint density at radius 3 is 2.70 bits per heavy atom. The van der Waals surface area contributed by atoms with Crippen molar-refractivity contribution < 1.29 is 19.2 Å². The molecule has 6 nitrogen and oxygen atoms in total. The Bertz CT molecular complexity index is 656. The van der Waals surface area contributed by atoms with Gasteiger partial charge in [-0.2, -0.15) is 0 Å². The zero-order chi connectivity index (χ0) is 19.2. The summed E-state index contributed by atoms with van der Waals surface area (Å²) >= 11 is 0. The highest BCUT2D eigenvalue weighted by atomic mass is 16.6. The van der Waals surface area contributed by atoms with Crippen molar-refractivity contribution in [2.24, 2.45) is 0 Å². The van der Waals surface area contributed by atoms with Gasteiger partial charge in [-0.15, -0.1) is 0 Å². The molecule has 1 aliphatic heterocycles. The second-order valence-electron chi connectivity index (χ2n) is 7.69. The van der Waals surface area contributed by atoms with Crippen LogP contribution in [0.2, 0.25) is 0 Å². The third-order valence-electron chi connectivity index (χ3n) is 5.79. The SMILES string of the molecule is CCOC(=O)N1CCC(NC(=O)C[NH+](C)[C@H]2CCCc3ccccc32)CC1. The highest BCUT2D eigenvalue weighted by Crippen LogP contribution is 2.27. The van der Waals surface area contributed by atoms with E-state index in [0.717, 1.165) is 25.7 Å². The second kappa shape index (κ2) is 9.22. The lowest BCUT2D eigenvalue weighted by Crippen LogP contribution is -3.10. The summed E-state index contributed by atoms with van der Waals surface area (Å²) in [6.45, 7) is 3.98. The molecule has 2 atom stereocenters. The normalized spacial score (nSPS) is 21.3. The van der Waals surface area contributed by atoms with E-state index in [2.05, 4.69) is 36.6 Å². The van der Waals surface area contributed by atoms with Gasteiger partial charge >= 0.3 is 6.09 Å². The van der Waals surface area contributed by atoms with E-state index >= 15 is 0 Å². The van der Waals surface area contributed by atoms with Gasteiger partial charge in [0.15, 0.2) is 6.54 Å². The predicted octanol–water partition coefficient (Wildman–Crippen LogP) is 1.32. The number of likely N-dealkylation sites (N-methyl/N-ethyl adjacent to an activating group) is 1. The molecule has 148 valence electrons. The number of ether oxygens (including phenoxy) is 1. The quantitative estimate of drug-likeness (QED) is 0.817. The van der Waals surface area contributed by atoms with Crippen LogP contribution in [0.3, 0.4) is 0 Å². The molecule has 0 saturated carbocycles. The molecule has 0 spiro atoms. The largest absolute Gasteiger partial charge is 0.450 e. The van der Waals surface area contributed by atoms with Crippen molar-refractivity contribution in [1.29, 1.82) is 0 Å². The molecule has 0 aromatic heterocycles. The van der Waals surface area contributed by atoms with Gasteiger partial charge in [0.2, 0.25) is 0 Å². The van der Waals surface area contributed by atoms with Crippen molar-refractivity contribution in [3.63, 3.8) is 0 Å². The molecule has 1 aromatic carbocycles. The van der Waals surface area contributed by atoms with Crippen LogP contribution < -0.4 is 10.2 Å². The van der Waals surface area contributed by atoms with Crippen LogP contribution in [0.15, 0.2) is 24.3 Å². The number of benzene rings is 1. The molecule has 1 heterocycles. The van der Waals surface area contributed by atoms with Gasteiger partial charge in [0.1, 0.15) is 6.04 Å². The summed E-state index contributed by atoms with van der Waals surface area (Å²) in [6.07, 6.45) is 4.79. The number of hydrogen-bond donors (Lipinski definition) is 2. The van der Waals surface area contributed by atoms with E-state index in [1.807, 2.05) is 6.92 Å². The van der Waals surface area contributed by atoms with Gasteiger partial charge in [0.25, 0.3) is 5.91 Å². The third kappa shape index (κ3) is 5.01. The number of fused-ring (bicyclic) bond motifs is 1. The number of nitrogens with one attached hydrogen (secondary N) is 2. The van der Waals surface area contributed by atoms with Gasteiger partial charge in [0, 0.05) is 31.1 Å². The number of amides is 2. The maximum Gasteiger partial charge on any atom is 0.409 e. The van der Waals surface area contributed by atoms with Gasteiger partial charge in [-0.1, -0.05) is 24.3 Å². The van der Waals surface area contributed by atoms with E-state index < -0.39 is 0 Å². The smallest absolute Gasteiger partial charge is 0.409 e.